The minimum Gasteiger partial charge on any atom is -0.483 e. The molecule has 0 heterocycles. The Hall–Kier alpha value is -2.29. The molecule has 1 aliphatic rings. The van der Waals surface area contributed by atoms with Crippen LogP contribution >= 0.6 is 0 Å². The molecule has 0 unspecified atom stereocenters. The maximum atomic E-state index is 12.2. The molecule has 3 nitrogen and oxygen atoms in total. The second-order valence-corrected chi connectivity index (χ2v) is 6.59. The van der Waals surface area contributed by atoms with Crippen molar-refractivity contribution in [3.05, 3.63) is 54.6 Å². The van der Waals surface area contributed by atoms with Crippen LogP contribution in [-0.2, 0) is 4.79 Å². The first-order valence-corrected chi connectivity index (χ1v) is 8.80. The second-order valence-electron chi connectivity index (χ2n) is 6.59. The van der Waals surface area contributed by atoms with Crippen LogP contribution in [0.5, 0.6) is 5.75 Å². The number of hydrogen-bond donors (Lipinski definition) is 1. The molecule has 126 valence electrons. The second kappa shape index (κ2) is 8.00. The summed E-state index contributed by atoms with van der Waals surface area (Å²) in [6.07, 6.45) is 4.75. The van der Waals surface area contributed by atoms with Crippen LogP contribution < -0.4 is 10.1 Å². The summed E-state index contributed by atoms with van der Waals surface area (Å²) < 4.78 is 5.82. The fourth-order valence-corrected chi connectivity index (χ4v) is 3.37. The van der Waals surface area contributed by atoms with Crippen molar-refractivity contribution in [1.29, 1.82) is 0 Å². The maximum absolute atomic E-state index is 12.2. The van der Waals surface area contributed by atoms with E-state index < -0.39 is 0 Å². The van der Waals surface area contributed by atoms with Crippen LogP contribution in [0.3, 0.4) is 0 Å². The van der Waals surface area contributed by atoms with Gasteiger partial charge in [0.25, 0.3) is 5.91 Å². The number of carbonyl (C=O) groups is 1. The Balaban J connectivity index is 1.61. The van der Waals surface area contributed by atoms with Crippen LogP contribution in [0.4, 0.5) is 0 Å². The molecule has 2 aromatic rings. The van der Waals surface area contributed by atoms with E-state index in [4.69, 9.17) is 4.74 Å². The number of nitrogens with one attached hydrogen (secondary N) is 1. The van der Waals surface area contributed by atoms with Crippen LogP contribution in [0, 0.1) is 5.92 Å². The molecule has 1 fully saturated rings. The Bertz CT molecular complexity index is 669. The first-order valence-electron chi connectivity index (χ1n) is 8.80. The van der Waals surface area contributed by atoms with Gasteiger partial charge in [0.2, 0.25) is 0 Å². The molecule has 1 amide bonds. The first kappa shape index (κ1) is 16.6. The molecule has 1 aliphatic carbocycles. The van der Waals surface area contributed by atoms with E-state index in [-0.39, 0.29) is 12.5 Å². The summed E-state index contributed by atoms with van der Waals surface area (Å²) in [4.78, 5) is 12.2. The van der Waals surface area contributed by atoms with Crippen LogP contribution in [0.15, 0.2) is 54.6 Å². The molecule has 0 saturated heterocycles. The van der Waals surface area contributed by atoms with E-state index in [1.807, 2.05) is 54.6 Å². The number of ether oxygens (including phenoxy) is 1. The smallest absolute Gasteiger partial charge is 0.258 e. The Kier molecular flexibility index (Phi) is 5.52. The molecule has 1 N–H and O–H groups in total. The fraction of sp³-hybridized carbons (Fsp3) is 0.381. The van der Waals surface area contributed by atoms with E-state index >= 15 is 0 Å². The monoisotopic (exact) mass is 323 g/mol. The van der Waals surface area contributed by atoms with Gasteiger partial charge in [0.1, 0.15) is 5.75 Å². The van der Waals surface area contributed by atoms with Gasteiger partial charge in [0, 0.05) is 11.6 Å². The van der Waals surface area contributed by atoms with Gasteiger partial charge >= 0.3 is 0 Å². The Morgan fingerprint density at radius 3 is 2.54 bits per heavy atom. The zero-order valence-corrected chi connectivity index (χ0v) is 14.2. The predicted molar refractivity (Wildman–Crippen MR) is 96.9 cm³/mol. The van der Waals surface area contributed by atoms with Crippen molar-refractivity contribution in [3.8, 4) is 16.9 Å². The van der Waals surface area contributed by atoms with Gasteiger partial charge in [0.05, 0.1) is 0 Å². The topological polar surface area (TPSA) is 38.3 Å². The molecule has 0 bridgehead atoms. The highest BCUT2D eigenvalue weighted by atomic mass is 16.5. The van der Waals surface area contributed by atoms with Crippen molar-refractivity contribution in [3.63, 3.8) is 0 Å². The molecule has 1 saturated carbocycles. The van der Waals surface area contributed by atoms with Crippen LogP contribution in [0.2, 0.25) is 0 Å². The third-order valence-corrected chi connectivity index (χ3v) is 4.79. The van der Waals surface area contributed by atoms with Gasteiger partial charge in [-0.05, 0) is 30.4 Å². The quantitative estimate of drug-likeness (QED) is 0.884. The van der Waals surface area contributed by atoms with Gasteiger partial charge in [-0.1, -0.05) is 68.3 Å². The predicted octanol–water partition coefficient (Wildman–Crippen LogP) is 4.43. The Morgan fingerprint density at radius 1 is 1.04 bits per heavy atom. The summed E-state index contributed by atoms with van der Waals surface area (Å²) in [5.41, 5.74) is 2.10. The van der Waals surface area contributed by atoms with Crippen molar-refractivity contribution < 1.29 is 9.53 Å². The lowest BCUT2D eigenvalue weighted by molar-refractivity contribution is -0.124. The molecule has 0 spiro atoms. The molecular weight excluding hydrogens is 298 g/mol. The number of rotatable bonds is 5. The van der Waals surface area contributed by atoms with E-state index in [1.54, 1.807) is 0 Å². The summed E-state index contributed by atoms with van der Waals surface area (Å²) in [5, 5.41) is 3.13. The molecule has 0 aliphatic heterocycles. The van der Waals surface area contributed by atoms with Crippen LogP contribution in [-0.4, -0.2) is 18.6 Å². The fourth-order valence-electron chi connectivity index (χ4n) is 3.37. The average molecular weight is 323 g/mol. The minimum atomic E-state index is -0.0309. The largest absolute Gasteiger partial charge is 0.483 e. The van der Waals surface area contributed by atoms with Crippen molar-refractivity contribution >= 4 is 5.91 Å². The lowest BCUT2D eigenvalue weighted by atomic mass is 9.86. The van der Waals surface area contributed by atoms with Crippen molar-refractivity contribution in [2.45, 2.75) is 38.6 Å². The molecular formula is C21H25NO2. The molecule has 24 heavy (non-hydrogen) atoms. The van der Waals surface area contributed by atoms with Crippen molar-refractivity contribution in [2.75, 3.05) is 6.61 Å². The summed E-state index contributed by atoms with van der Waals surface area (Å²) in [5.74, 6) is 1.27. The van der Waals surface area contributed by atoms with E-state index in [1.165, 1.54) is 19.3 Å². The highest BCUT2D eigenvalue weighted by Crippen LogP contribution is 2.29. The summed E-state index contributed by atoms with van der Waals surface area (Å²) >= 11 is 0. The highest BCUT2D eigenvalue weighted by molar-refractivity contribution is 5.78. The first-order chi connectivity index (χ1) is 11.7. The molecule has 2 atom stereocenters. The third-order valence-electron chi connectivity index (χ3n) is 4.79. The minimum absolute atomic E-state index is 0.0309. The van der Waals surface area contributed by atoms with Crippen LogP contribution in [0.25, 0.3) is 11.1 Å². The number of hydrogen-bond acceptors (Lipinski definition) is 2. The van der Waals surface area contributed by atoms with Gasteiger partial charge in [-0.15, -0.1) is 0 Å². The van der Waals surface area contributed by atoms with Gasteiger partial charge in [-0.2, -0.15) is 0 Å². The number of benzene rings is 2. The van der Waals surface area contributed by atoms with Gasteiger partial charge < -0.3 is 10.1 Å². The van der Waals surface area contributed by atoms with E-state index in [2.05, 4.69) is 12.2 Å². The van der Waals surface area contributed by atoms with Gasteiger partial charge in [0.15, 0.2) is 6.61 Å². The average Bonchev–Trinajstić information content (AvgIpc) is 2.63. The zero-order chi connectivity index (χ0) is 16.8. The lowest BCUT2D eigenvalue weighted by Crippen LogP contribution is -2.43. The lowest BCUT2D eigenvalue weighted by Gasteiger charge is -2.29. The molecule has 3 heteroatoms. The van der Waals surface area contributed by atoms with E-state index in [0.717, 1.165) is 23.3 Å². The molecule has 2 aromatic carbocycles. The highest BCUT2D eigenvalue weighted by Gasteiger charge is 2.22. The van der Waals surface area contributed by atoms with E-state index in [9.17, 15) is 4.79 Å². The summed E-state index contributed by atoms with van der Waals surface area (Å²) in [6, 6.07) is 18.2. The van der Waals surface area contributed by atoms with E-state index in [0.29, 0.717) is 12.0 Å². The Morgan fingerprint density at radius 2 is 1.75 bits per heavy atom. The summed E-state index contributed by atoms with van der Waals surface area (Å²) in [7, 11) is 0. The standard InChI is InChI=1S/C21H25NO2/c1-16-9-5-7-13-19(16)22-21(23)15-24-20-14-8-6-12-18(20)17-10-3-2-4-11-17/h2-4,6,8,10-12,14,16,19H,5,7,9,13,15H2,1H3,(H,22,23)/t16-,19-/m0/s1. The van der Waals surface area contributed by atoms with Crippen molar-refractivity contribution in [2.24, 2.45) is 5.92 Å². The molecule has 0 radical (unpaired) electrons. The maximum Gasteiger partial charge on any atom is 0.258 e. The number of para-hydroxylation sites is 1. The molecule has 3 rings (SSSR count). The normalized spacial score (nSPS) is 20.4. The van der Waals surface area contributed by atoms with Crippen LogP contribution in [0.1, 0.15) is 32.6 Å². The van der Waals surface area contributed by atoms with Gasteiger partial charge in [-0.25, -0.2) is 0 Å². The Labute approximate surface area is 144 Å². The number of amides is 1. The third kappa shape index (κ3) is 4.16. The summed E-state index contributed by atoms with van der Waals surface area (Å²) in [6.45, 7) is 2.28. The van der Waals surface area contributed by atoms with Gasteiger partial charge in [-0.3, -0.25) is 4.79 Å². The number of carbonyl (C=O) groups excluding carboxylic acids is 1. The zero-order valence-electron chi connectivity index (χ0n) is 14.2. The molecule has 0 aromatic heterocycles. The van der Waals surface area contributed by atoms with Crippen molar-refractivity contribution in [1.82, 2.24) is 5.32 Å². The SMILES string of the molecule is C[C@H]1CCCC[C@@H]1NC(=O)COc1ccccc1-c1ccccc1.